The van der Waals surface area contributed by atoms with Gasteiger partial charge in [-0.25, -0.2) is 0 Å². The summed E-state index contributed by atoms with van der Waals surface area (Å²) in [5.74, 6) is 0.0439. The van der Waals surface area contributed by atoms with Gasteiger partial charge in [0.15, 0.2) is 0 Å². The van der Waals surface area contributed by atoms with Crippen LogP contribution in [0.4, 0.5) is 0 Å². The van der Waals surface area contributed by atoms with Crippen molar-refractivity contribution in [1.82, 2.24) is 0 Å². The molecule has 0 aromatic heterocycles. The van der Waals surface area contributed by atoms with E-state index in [1.54, 1.807) is 24.3 Å². The molecule has 0 bridgehead atoms. The molecule has 1 aromatic carbocycles. The van der Waals surface area contributed by atoms with Crippen LogP contribution in [0.1, 0.15) is 38.1 Å². The maximum Gasteiger partial charge on any atom is 0.252 e. The summed E-state index contributed by atoms with van der Waals surface area (Å²) in [5.41, 5.74) is 5.48. The molecular weight excluding hydrogens is 190 g/mol. The van der Waals surface area contributed by atoms with E-state index in [0.29, 0.717) is 11.3 Å². The zero-order valence-electron chi connectivity index (χ0n) is 10.2. The number of hydrogen-bond acceptors (Lipinski definition) is 2. The van der Waals surface area contributed by atoms with Crippen molar-refractivity contribution in [3.8, 4) is 5.75 Å². The number of para-hydroxylation sites is 1. The zero-order valence-corrected chi connectivity index (χ0v) is 10.2. The summed E-state index contributed by atoms with van der Waals surface area (Å²) in [6.07, 6.45) is 0. The lowest BCUT2D eigenvalue weighted by molar-refractivity contribution is 0.0997. The molecule has 0 radical (unpaired) electrons. The fourth-order valence-electron chi connectivity index (χ4n) is 0.848. The quantitative estimate of drug-likeness (QED) is 0.817. The fourth-order valence-corrected chi connectivity index (χ4v) is 0.848. The molecule has 3 heteroatoms. The molecule has 0 heterocycles. The molecule has 0 unspecified atom stereocenters. The number of rotatable bonds is 2. The molecule has 1 aromatic rings. The number of hydrogen-bond donors (Lipinski definition) is 1. The molecule has 0 spiro atoms. The van der Waals surface area contributed by atoms with Crippen LogP contribution >= 0.6 is 0 Å². The number of benzene rings is 1. The van der Waals surface area contributed by atoms with Crippen molar-refractivity contribution in [2.45, 2.75) is 27.7 Å². The van der Waals surface area contributed by atoms with Crippen LogP contribution in [0.25, 0.3) is 0 Å². The van der Waals surface area contributed by atoms with Crippen molar-refractivity contribution in [2.75, 3.05) is 7.11 Å². The van der Waals surface area contributed by atoms with Crippen molar-refractivity contribution in [3.05, 3.63) is 29.8 Å². The molecule has 2 N–H and O–H groups in total. The Bertz CT molecular complexity index is 272. The van der Waals surface area contributed by atoms with Crippen LogP contribution in [0.15, 0.2) is 24.3 Å². The maximum atomic E-state index is 10.7. The van der Waals surface area contributed by atoms with Gasteiger partial charge in [0.25, 0.3) is 5.91 Å². The molecule has 0 aliphatic heterocycles. The summed E-state index contributed by atoms with van der Waals surface area (Å²) < 4.78 is 4.91. The van der Waals surface area contributed by atoms with Gasteiger partial charge in [-0.1, -0.05) is 39.8 Å². The molecule has 1 amide bonds. The predicted octanol–water partition coefficient (Wildman–Crippen LogP) is 2.85. The summed E-state index contributed by atoms with van der Waals surface area (Å²) in [6.45, 7) is 8.00. The van der Waals surface area contributed by atoms with Gasteiger partial charge >= 0.3 is 0 Å². The van der Waals surface area contributed by atoms with Crippen LogP contribution in [-0.4, -0.2) is 13.0 Å². The van der Waals surface area contributed by atoms with Gasteiger partial charge in [0, 0.05) is 0 Å². The van der Waals surface area contributed by atoms with Crippen LogP contribution in [0.2, 0.25) is 0 Å². The van der Waals surface area contributed by atoms with Gasteiger partial charge in [0.2, 0.25) is 0 Å². The first-order valence-electron chi connectivity index (χ1n) is 5.18. The summed E-state index contributed by atoms with van der Waals surface area (Å²) in [5, 5.41) is 0. The predicted molar refractivity (Wildman–Crippen MR) is 64.2 cm³/mol. The number of methoxy groups -OCH3 is 1. The molecule has 3 nitrogen and oxygen atoms in total. The van der Waals surface area contributed by atoms with E-state index in [9.17, 15) is 4.79 Å². The molecule has 0 saturated carbocycles. The van der Waals surface area contributed by atoms with Gasteiger partial charge in [-0.2, -0.15) is 0 Å². The van der Waals surface area contributed by atoms with Crippen LogP contribution in [0, 0.1) is 0 Å². The van der Waals surface area contributed by atoms with E-state index in [1.165, 1.54) is 7.11 Å². The van der Waals surface area contributed by atoms with E-state index in [2.05, 4.69) is 0 Å². The Kier molecular flexibility index (Phi) is 11.2. The van der Waals surface area contributed by atoms with Gasteiger partial charge in [-0.05, 0) is 12.1 Å². The van der Waals surface area contributed by atoms with E-state index in [1.807, 2.05) is 27.7 Å². The van der Waals surface area contributed by atoms with Crippen LogP contribution < -0.4 is 10.5 Å². The van der Waals surface area contributed by atoms with Gasteiger partial charge < -0.3 is 10.5 Å². The second kappa shape index (κ2) is 10.6. The molecule has 0 atom stereocenters. The Morgan fingerprint density at radius 1 is 1.13 bits per heavy atom. The highest BCUT2D eigenvalue weighted by atomic mass is 16.5. The van der Waals surface area contributed by atoms with Gasteiger partial charge in [-0.3, -0.25) is 4.79 Å². The lowest BCUT2D eigenvalue weighted by atomic mass is 10.2. The summed E-state index contributed by atoms with van der Waals surface area (Å²) >= 11 is 0. The molecule has 15 heavy (non-hydrogen) atoms. The standard InChI is InChI=1S/C8H9NO2.2C2H6/c1-11-7-5-3-2-4-6(7)8(9)10;2*1-2/h2-5H,1H3,(H2,9,10);2*1-2H3. The molecule has 0 aliphatic rings. The highest BCUT2D eigenvalue weighted by molar-refractivity contribution is 5.95. The second-order valence-electron chi connectivity index (χ2n) is 2.06. The smallest absolute Gasteiger partial charge is 0.252 e. The molecule has 86 valence electrons. The number of ether oxygens (including phenoxy) is 1. The maximum absolute atomic E-state index is 10.7. The first-order valence-corrected chi connectivity index (χ1v) is 5.18. The summed E-state index contributed by atoms with van der Waals surface area (Å²) in [7, 11) is 1.50. The molecule has 1 rings (SSSR count). The largest absolute Gasteiger partial charge is 0.496 e. The third kappa shape index (κ3) is 5.73. The molecule has 0 fully saturated rings. The number of amides is 1. The number of carbonyl (C=O) groups excluding carboxylic acids is 1. The van der Waals surface area contributed by atoms with Crippen LogP contribution in [-0.2, 0) is 0 Å². The minimum absolute atomic E-state index is 0.412. The lowest BCUT2D eigenvalue weighted by Gasteiger charge is -2.02. The van der Waals surface area contributed by atoms with Crippen molar-refractivity contribution in [2.24, 2.45) is 5.73 Å². The third-order valence-electron chi connectivity index (χ3n) is 1.37. The minimum Gasteiger partial charge on any atom is -0.496 e. The summed E-state index contributed by atoms with van der Waals surface area (Å²) in [4.78, 5) is 10.7. The first kappa shape index (κ1) is 15.9. The number of nitrogens with two attached hydrogens (primary N) is 1. The second-order valence-corrected chi connectivity index (χ2v) is 2.06. The third-order valence-corrected chi connectivity index (χ3v) is 1.37. The number of carbonyl (C=O) groups is 1. The normalized spacial score (nSPS) is 7.53. The first-order chi connectivity index (χ1) is 7.25. The average molecular weight is 211 g/mol. The van der Waals surface area contributed by atoms with Crippen molar-refractivity contribution >= 4 is 5.91 Å². The van der Waals surface area contributed by atoms with Gasteiger partial charge in [0.05, 0.1) is 12.7 Å². The Morgan fingerprint density at radius 3 is 1.93 bits per heavy atom. The molecule has 0 aliphatic carbocycles. The SMILES string of the molecule is CC.CC.COc1ccccc1C(N)=O. The lowest BCUT2D eigenvalue weighted by Crippen LogP contribution is -2.11. The number of primary amides is 1. The van der Waals surface area contributed by atoms with Gasteiger partial charge in [-0.15, -0.1) is 0 Å². The fraction of sp³-hybridized carbons (Fsp3) is 0.417. The van der Waals surface area contributed by atoms with E-state index < -0.39 is 5.91 Å². The topological polar surface area (TPSA) is 52.3 Å². The highest BCUT2D eigenvalue weighted by Crippen LogP contribution is 2.15. The van der Waals surface area contributed by atoms with Crippen molar-refractivity contribution < 1.29 is 9.53 Å². The monoisotopic (exact) mass is 211 g/mol. The van der Waals surface area contributed by atoms with E-state index >= 15 is 0 Å². The highest BCUT2D eigenvalue weighted by Gasteiger charge is 2.05. The van der Waals surface area contributed by atoms with Crippen LogP contribution in [0.3, 0.4) is 0 Å². The van der Waals surface area contributed by atoms with Crippen molar-refractivity contribution in [1.29, 1.82) is 0 Å². The Labute approximate surface area is 92.2 Å². The summed E-state index contributed by atoms with van der Waals surface area (Å²) in [6, 6.07) is 6.84. The van der Waals surface area contributed by atoms with E-state index in [0.717, 1.165) is 0 Å². The molecule has 0 saturated heterocycles. The molecular formula is C12H21NO2. The van der Waals surface area contributed by atoms with Crippen LogP contribution in [0.5, 0.6) is 5.75 Å². The van der Waals surface area contributed by atoms with E-state index in [-0.39, 0.29) is 0 Å². The van der Waals surface area contributed by atoms with Gasteiger partial charge in [0.1, 0.15) is 5.75 Å². The Hall–Kier alpha value is -1.51. The Morgan fingerprint density at radius 2 is 1.60 bits per heavy atom. The van der Waals surface area contributed by atoms with E-state index in [4.69, 9.17) is 10.5 Å². The minimum atomic E-state index is -0.470. The average Bonchev–Trinajstić information content (AvgIpc) is 2.34. The van der Waals surface area contributed by atoms with Crippen molar-refractivity contribution in [3.63, 3.8) is 0 Å². The Balaban J connectivity index is 0. The zero-order chi connectivity index (χ0) is 12.3.